The van der Waals surface area contributed by atoms with Gasteiger partial charge in [0.15, 0.2) is 17.5 Å². The quantitative estimate of drug-likeness (QED) is 0.690. The molecule has 2 aromatic heterocycles. The number of imidazole rings is 1. The maximum Gasteiger partial charge on any atom is 0.160 e. The van der Waals surface area contributed by atoms with Gasteiger partial charge in [-0.15, -0.1) is 10.2 Å². The van der Waals surface area contributed by atoms with Crippen molar-refractivity contribution in [1.29, 1.82) is 0 Å². The second-order valence-electron chi connectivity index (χ2n) is 4.61. The summed E-state index contributed by atoms with van der Waals surface area (Å²) in [5, 5.41) is 8.99. The van der Waals surface area contributed by atoms with Gasteiger partial charge in [0.2, 0.25) is 0 Å². The van der Waals surface area contributed by atoms with Gasteiger partial charge in [-0.1, -0.05) is 17.8 Å². The van der Waals surface area contributed by atoms with Crippen molar-refractivity contribution in [1.82, 2.24) is 19.7 Å². The fourth-order valence-electron chi connectivity index (χ4n) is 1.93. The van der Waals surface area contributed by atoms with Crippen LogP contribution in [0.1, 0.15) is 11.4 Å². The first-order chi connectivity index (χ1) is 10.6. The highest BCUT2D eigenvalue weighted by Crippen LogP contribution is 2.22. The molecule has 0 fully saturated rings. The molecule has 0 bridgehead atoms. The molecule has 0 spiro atoms. The van der Waals surface area contributed by atoms with E-state index in [1.807, 2.05) is 29.8 Å². The van der Waals surface area contributed by atoms with Crippen LogP contribution in [-0.4, -0.2) is 19.7 Å². The number of rotatable bonds is 4. The molecule has 0 N–H and O–H groups in total. The average Bonchev–Trinajstić information content (AvgIpc) is 2.95. The second kappa shape index (κ2) is 6.23. The first kappa shape index (κ1) is 14.6. The molecule has 0 saturated heterocycles. The zero-order valence-corrected chi connectivity index (χ0v) is 12.5. The Morgan fingerprint density at radius 2 is 1.95 bits per heavy atom. The van der Waals surface area contributed by atoms with E-state index in [2.05, 4.69) is 15.2 Å². The van der Waals surface area contributed by atoms with Gasteiger partial charge in [0.1, 0.15) is 10.9 Å². The Kier molecular flexibility index (Phi) is 4.15. The Bertz CT molecular complexity index is 786. The molecule has 0 aliphatic carbocycles. The number of benzene rings is 1. The van der Waals surface area contributed by atoms with Gasteiger partial charge in [0.25, 0.3) is 0 Å². The third-order valence-corrected chi connectivity index (χ3v) is 4.06. The lowest BCUT2D eigenvalue weighted by Gasteiger charge is -2.05. The molecule has 3 rings (SSSR count). The molecule has 112 valence electrons. The largest absolute Gasteiger partial charge is 0.287 e. The Hall–Kier alpha value is -2.28. The smallest absolute Gasteiger partial charge is 0.160 e. The average molecular weight is 318 g/mol. The number of nitrogens with zero attached hydrogens (tertiary/aromatic N) is 4. The van der Waals surface area contributed by atoms with E-state index in [4.69, 9.17) is 0 Å². The predicted octanol–water partition coefficient (Wildman–Crippen LogP) is 3.54. The van der Waals surface area contributed by atoms with Crippen LogP contribution in [0.25, 0.3) is 5.82 Å². The molecule has 2 heterocycles. The molecular weight excluding hydrogens is 306 g/mol. The molecule has 0 unspecified atom stereocenters. The van der Waals surface area contributed by atoms with Crippen LogP contribution in [0.4, 0.5) is 8.78 Å². The minimum Gasteiger partial charge on any atom is -0.287 e. The molecule has 4 nitrogen and oxygen atoms in total. The molecule has 0 amide bonds. The van der Waals surface area contributed by atoms with Crippen LogP contribution in [0, 0.1) is 18.6 Å². The lowest BCUT2D eigenvalue weighted by Crippen LogP contribution is -2.00. The highest BCUT2D eigenvalue weighted by Gasteiger charge is 2.06. The molecule has 0 saturated carbocycles. The van der Waals surface area contributed by atoms with Crippen molar-refractivity contribution in [3.63, 3.8) is 0 Å². The van der Waals surface area contributed by atoms with Crippen molar-refractivity contribution < 1.29 is 8.78 Å². The van der Waals surface area contributed by atoms with Gasteiger partial charge in [-0.25, -0.2) is 13.8 Å². The normalized spacial score (nSPS) is 10.9. The van der Waals surface area contributed by atoms with Crippen LogP contribution in [0.2, 0.25) is 0 Å². The molecule has 0 radical (unpaired) electrons. The van der Waals surface area contributed by atoms with Crippen molar-refractivity contribution >= 4 is 11.8 Å². The fraction of sp³-hybridized carbons (Fsp3) is 0.133. The SMILES string of the molecule is Cc1nccn1-c1ccc(SCc2ccc(F)c(F)c2)nn1. The summed E-state index contributed by atoms with van der Waals surface area (Å²) in [6, 6.07) is 7.56. The lowest BCUT2D eigenvalue weighted by atomic mass is 10.2. The minimum absolute atomic E-state index is 0.495. The van der Waals surface area contributed by atoms with Crippen molar-refractivity contribution in [2.24, 2.45) is 0 Å². The topological polar surface area (TPSA) is 43.6 Å². The van der Waals surface area contributed by atoms with Gasteiger partial charge in [-0.3, -0.25) is 4.57 Å². The van der Waals surface area contributed by atoms with E-state index in [1.165, 1.54) is 17.8 Å². The zero-order chi connectivity index (χ0) is 15.5. The number of hydrogen-bond donors (Lipinski definition) is 0. The van der Waals surface area contributed by atoms with Crippen molar-refractivity contribution in [2.75, 3.05) is 0 Å². The van der Waals surface area contributed by atoms with Gasteiger partial charge < -0.3 is 0 Å². The number of aromatic nitrogens is 4. The standard InChI is InChI=1S/C15H12F2N4S/c1-10-18-6-7-21(10)14-4-5-15(20-19-14)22-9-11-2-3-12(16)13(17)8-11/h2-8H,9H2,1H3. The van der Waals surface area contributed by atoms with Gasteiger partial charge in [0, 0.05) is 18.1 Å². The van der Waals surface area contributed by atoms with Crippen LogP contribution in [0.3, 0.4) is 0 Å². The predicted molar refractivity (Wildman–Crippen MR) is 79.8 cm³/mol. The molecule has 7 heteroatoms. The number of thioether (sulfide) groups is 1. The number of hydrogen-bond acceptors (Lipinski definition) is 4. The highest BCUT2D eigenvalue weighted by molar-refractivity contribution is 7.98. The van der Waals surface area contributed by atoms with Crippen molar-refractivity contribution in [2.45, 2.75) is 17.7 Å². The van der Waals surface area contributed by atoms with E-state index in [-0.39, 0.29) is 0 Å². The van der Waals surface area contributed by atoms with E-state index in [0.717, 1.165) is 11.9 Å². The summed E-state index contributed by atoms with van der Waals surface area (Å²) in [5.74, 6) is 0.336. The Morgan fingerprint density at radius 1 is 1.09 bits per heavy atom. The lowest BCUT2D eigenvalue weighted by molar-refractivity contribution is 0.507. The summed E-state index contributed by atoms with van der Waals surface area (Å²) in [4.78, 5) is 4.13. The van der Waals surface area contributed by atoms with E-state index >= 15 is 0 Å². The molecular formula is C15H12F2N4S. The number of aryl methyl sites for hydroxylation is 1. The monoisotopic (exact) mass is 318 g/mol. The van der Waals surface area contributed by atoms with Crippen molar-refractivity contribution in [3.8, 4) is 5.82 Å². The summed E-state index contributed by atoms with van der Waals surface area (Å²) in [6.07, 6.45) is 3.51. The van der Waals surface area contributed by atoms with Crippen molar-refractivity contribution in [3.05, 3.63) is 65.7 Å². The molecule has 0 atom stereocenters. The fourth-order valence-corrected chi connectivity index (χ4v) is 2.68. The maximum atomic E-state index is 13.1. The van der Waals surface area contributed by atoms with Crippen LogP contribution >= 0.6 is 11.8 Å². The van der Waals surface area contributed by atoms with Gasteiger partial charge >= 0.3 is 0 Å². The molecule has 1 aromatic carbocycles. The van der Waals surface area contributed by atoms with E-state index in [9.17, 15) is 8.78 Å². The van der Waals surface area contributed by atoms with Gasteiger partial charge in [0.05, 0.1) is 0 Å². The Morgan fingerprint density at radius 3 is 2.59 bits per heavy atom. The van der Waals surface area contributed by atoms with Gasteiger partial charge in [-0.2, -0.15) is 0 Å². The molecule has 3 aromatic rings. The van der Waals surface area contributed by atoms with E-state index in [0.29, 0.717) is 22.2 Å². The molecule has 22 heavy (non-hydrogen) atoms. The van der Waals surface area contributed by atoms with E-state index in [1.54, 1.807) is 12.3 Å². The summed E-state index contributed by atoms with van der Waals surface area (Å²) in [5.41, 5.74) is 0.695. The highest BCUT2D eigenvalue weighted by atomic mass is 32.2. The summed E-state index contributed by atoms with van der Waals surface area (Å²) in [6.45, 7) is 1.88. The summed E-state index contributed by atoms with van der Waals surface area (Å²) < 4.78 is 27.8. The number of halogens is 2. The third kappa shape index (κ3) is 3.14. The van der Waals surface area contributed by atoms with Crippen LogP contribution < -0.4 is 0 Å². The zero-order valence-electron chi connectivity index (χ0n) is 11.7. The van der Waals surface area contributed by atoms with Crippen LogP contribution in [0.5, 0.6) is 0 Å². The molecule has 0 aliphatic rings. The third-order valence-electron chi connectivity index (χ3n) is 3.07. The summed E-state index contributed by atoms with van der Waals surface area (Å²) in [7, 11) is 0. The van der Waals surface area contributed by atoms with Gasteiger partial charge in [-0.05, 0) is 36.8 Å². The maximum absolute atomic E-state index is 13.1. The van der Waals surface area contributed by atoms with Crippen LogP contribution in [0.15, 0.2) is 47.8 Å². The second-order valence-corrected chi connectivity index (χ2v) is 5.61. The Balaban J connectivity index is 1.69. The summed E-state index contributed by atoms with van der Waals surface area (Å²) >= 11 is 1.41. The first-order valence-corrected chi connectivity index (χ1v) is 7.53. The first-order valence-electron chi connectivity index (χ1n) is 6.54. The Labute approximate surface area is 130 Å². The van der Waals surface area contributed by atoms with E-state index < -0.39 is 11.6 Å². The minimum atomic E-state index is -0.839. The molecule has 0 aliphatic heterocycles. The van der Waals surface area contributed by atoms with Crippen LogP contribution in [-0.2, 0) is 5.75 Å².